The van der Waals surface area contributed by atoms with Crippen LogP contribution in [0.3, 0.4) is 0 Å². The van der Waals surface area contributed by atoms with Crippen molar-refractivity contribution in [3.8, 4) is 0 Å². The molecule has 1 heterocycles. The molecule has 3 aromatic rings. The van der Waals surface area contributed by atoms with Gasteiger partial charge in [0.1, 0.15) is 0 Å². The Morgan fingerprint density at radius 3 is 2.08 bits per heavy atom. The molecule has 26 heavy (non-hydrogen) atoms. The van der Waals surface area contributed by atoms with Gasteiger partial charge in [0.25, 0.3) is 0 Å². The number of rotatable bonds is 7. The maximum atomic E-state index is 6.18. The lowest BCUT2D eigenvalue weighted by atomic mass is 10.1. The molecule has 0 aliphatic rings. The van der Waals surface area contributed by atoms with E-state index in [2.05, 4.69) is 40.2 Å². The molecule has 0 aliphatic carbocycles. The monoisotopic (exact) mass is 385 g/mol. The zero-order valence-corrected chi connectivity index (χ0v) is 15.9. The second-order valence-electron chi connectivity index (χ2n) is 6.28. The van der Waals surface area contributed by atoms with Crippen molar-refractivity contribution in [3.63, 3.8) is 0 Å². The van der Waals surface area contributed by atoms with E-state index in [-0.39, 0.29) is 0 Å². The third-order valence-electron chi connectivity index (χ3n) is 4.18. The standard InChI is InChI=1S/C21H21Cl2N3/c22-20-8-7-18(10-21(20)23)14-26(15-19-2-1-9-25-12-19)13-17-5-3-16(11-24)4-6-17/h1-10,12H,11,13-15,24H2. The Morgan fingerprint density at radius 1 is 0.769 bits per heavy atom. The van der Waals surface area contributed by atoms with Crippen molar-refractivity contribution in [1.82, 2.24) is 9.88 Å². The highest BCUT2D eigenvalue weighted by Gasteiger charge is 2.10. The summed E-state index contributed by atoms with van der Waals surface area (Å²) in [6.07, 6.45) is 3.69. The number of hydrogen-bond donors (Lipinski definition) is 1. The van der Waals surface area contributed by atoms with E-state index in [1.54, 1.807) is 6.20 Å². The summed E-state index contributed by atoms with van der Waals surface area (Å²) in [4.78, 5) is 6.58. The molecule has 2 aromatic carbocycles. The van der Waals surface area contributed by atoms with Crippen LogP contribution in [-0.2, 0) is 26.2 Å². The summed E-state index contributed by atoms with van der Waals surface area (Å²) in [5.74, 6) is 0. The number of nitrogens with zero attached hydrogens (tertiary/aromatic N) is 2. The van der Waals surface area contributed by atoms with E-state index in [1.807, 2.05) is 30.5 Å². The van der Waals surface area contributed by atoms with Crippen LogP contribution in [0, 0.1) is 0 Å². The zero-order chi connectivity index (χ0) is 18.4. The van der Waals surface area contributed by atoms with Crippen LogP contribution >= 0.6 is 23.2 Å². The normalized spacial score (nSPS) is 11.1. The van der Waals surface area contributed by atoms with Gasteiger partial charge in [0, 0.05) is 38.6 Å². The van der Waals surface area contributed by atoms with Gasteiger partial charge in [0.2, 0.25) is 0 Å². The summed E-state index contributed by atoms with van der Waals surface area (Å²) in [6, 6.07) is 18.3. The van der Waals surface area contributed by atoms with Crippen molar-refractivity contribution < 1.29 is 0 Å². The fraction of sp³-hybridized carbons (Fsp3) is 0.190. The first-order valence-corrected chi connectivity index (χ1v) is 9.22. The highest BCUT2D eigenvalue weighted by molar-refractivity contribution is 6.42. The predicted octanol–water partition coefficient (Wildman–Crippen LogP) is 5.05. The fourth-order valence-corrected chi connectivity index (χ4v) is 3.17. The van der Waals surface area contributed by atoms with Gasteiger partial charge in [-0.1, -0.05) is 59.6 Å². The predicted molar refractivity (Wildman–Crippen MR) is 108 cm³/mol. The highest BCUT2D eigenvalue weighted by atomic mass is 35.5. The molecule has 134 valence electrons. The van der Waals surface area contributed by atoms with E-state index in [1.165, 1.54) is 11.1 Å². The Morgan fingerprint density at radius 2 is 1.42 bits per heavy atom. The first kappa shape index (κ1) is 18.9. The summed E-state index contributed by atoms with van der Waals surface area (Å²) in [5, 5.41) is 1.16. The highest BCUT2D eigenvalue weighted by Crippen LogP contribution is 2.24. The van der Waals surface area contributed by atoms with Crippen molar-refractivity contribution >= 4 is 23.2 Å². The van der Waals surface area contributed by atoms with Crippen molar-refractivity contribution in [2.75, 3.05) is 0 Å². The van der Waals surface area contributed by atoms with Gasteiger partial charge < -0.3 is 5.73 Å². The third-order valence-corrected chi connectivity index (χ3v) is 4.92. The molecule has 1 aromatic heterocycles. The molecule has 0 saturated carbocycles. The first-order chi connectivity index (χ1) is 12.6. The maximum Gasteiger partial charge on any atom is 0.0595 e. The number of benzene rings is 2. The average molecular weight is 386 g/mol. The minimum absolute atomic E-state index is 0.558. The Bertz CT molecular complexity index is 836. The van der Waals surface area contributed by atoms with Gasteiger partial charge in [0.05, 0.1) is 10.0 Å². The van der Waals surface area contributed by atoms with Crippen LogP contribution in [0.5, 0.6) is 0 Å². The van der Waals surface area contributed by atoms with E-state index in [0.29, 0.717) is 16.6 Å². The summed E-state index contributed by atoms with van der Waals surface area (Å²) in [6.45, 7) is 2.94. The van der Waals surface area contributed by atoms with E-state index < -0.39 is 0 Å². The van der Waals surface area contributed by atoms with Crippen LogP contribution in [0.25, 0.3) is 0 Å². The molecule has 0 radical (unpaired) electrons. The van der Waals surface area contributed by atoms with Gasteiger partial charge >= 0.3 is 0 Å². The number of hydrogen-bond acceptors (Lipinski definition) is 3. The van der Waals surface area contributed by atoms with Gasteiger partial charge in [-0.15, -0.1) is 0 Å². The Kier molecular flexibility index (Phi) is 6.64. The molecular weight excluding hydrogens is 365 g/mol. The Labute approximate surface area is 164 Å². The van der Waals surface area contributed by atoms with E-state index in [4.69, 9.17) is 28.9 Å². The molecular formula is C21H21Cl2N3. The van der Waals surface area contributed by atoms with Crippen molar-refractivity contribution in [1.29, 1.82) is 0 Å². The lowest BCUT2D eigenvalue weighted by Gasteiger charge is -2.23. The first-order valence-electron chi connectivity index (χ1n) is 8.47. The fourth-order valence-electron chi connectivity index (χ4n) is 2.85. The van der Waals surface area contributed by atoms with Gasteiger partial charge in [-0.25, -0.2) is 0 Å². The topological polar surface area (TPSA) is 42.1 Å². The van der Waals surface area contributed by atoms with Crippen molar-refractivity contribution in [3.05, 3.63) is 99.3 Å². The second-order valence-corrected chi connectivity index (χ2v) is 7.09. The molecule has 0 spiro atoms. The zero-order valence-electron chi connectivity index (χ0n) is 14.4. The van der Waals surface area contributed by atoms with Crippen LogP contribution in [0.2, 0.25) is 10.0 Å². The molecule has 0 saturated heterocycles. The molecule has 0 fully saturated rings. The molecule has 5 heteroatoms. The third kappa shape index (κ3) is 5.29. The second kappa shape index (κ2) is 9.15. The van der Waals surface area contributed by atoms with Crippen LogP contribution in [-0.4, -0.2) is 9.88 Å². The molecule has 0 amide bonds. The number of aromatic nitrogens is 1. The molecule has 0 atom stereocenters. The lowest BCUT2D eigenvalue weighted by molar-refractivity contribution is 0.247. The number of nitrogens with two attached hydrogens (primary N) is 1. The van der Waals surface area contributed by atoms with Crippen LogP contribution in [0.4, 0.5) is 0 Å². The minimum Gasteiger partial charge on any atom is -0.326 e. The van der Waals surface area contributed by atoms with Crippen LogP contribution in [0.15, 0.2) is 67.0 Å². The van der Waals surface area contributed by atoms with Gasteiger partial charge in [-0.2, -0.15) is 0 Å². The van der Waals surface area contributed by atoms with Crippen LogP contribution < -0.4 is 5.73 Å². The molecule has 2 N–H and O–H groups in total. The minimum atomic E-state index is 0.558. The number of pyridine rings is 1. The summed E-state index contributed by atoms with van der Waals surface area (Å²) in [7, 11) is 0. The van der Waals surface area contributed by atoms with Gasteiger partial charge in [-0.05, 0) is 40.5 Å². The lowest BCUT2D eigenvalue weighted by Crippen LogP contribution is -2.22. The quantitative estimate of drug-likeness (QED) is 0.618. The summed E-state index contributed by atoms with van der Waals surface area (Å²) >= 11 is 12.2. The maximum absolute atomic E-state index is 6.18. The number of halogens is 2. The molecule has 0 aliphatic heterocycles. The van der Waals surface area contributed by atoms with E-state index in [0.717, 1.165) is 30.8 Å². The van der Waals surface area contributed by atoms with Gasteiger partial charge in [-0.3, -0.25) is 9.88 Å². The smallest absolute Gasteiger partial charge is 0.0595 e. The molecule has 0 bridgehead atoms. The molecule has 3 rings (SSSR count). The van der Waals surface area contributed by atoms with E-state index in [9.17, 15) is 0 Å². The molecule has 0 unspecified atom stereocenters. The average Bonchev–Trinajstić information content (AvgIpc) is 2.66. The van der Waals surface area contributed by atoms with Gasteiger partial charge in [0.15, 0.2) is 0 Å². The largest absolute Gasteiger partial charge is 0.326 e. The SMILES string of the molecule is NCc1ccc(CN(Cc2cccnc2)Cc2ccc(Cl)c(Cl)c2)cc1. The Hall–Kier alpha value is -1.91. The van der Waals surface area contributed by atoms with Crippen LogP contribution in [0.1, 0.15) is 22.3 Å². The Balaban J connectivity index is 1.79. The summed E-state index contributed by atoms with van der Waals surface area (Å²) in [5.41, 5.74) is 10.4. The molecule has 3 nitrogen and oxygen atoms in total. The van der Waals surface area contributed by atoms with Crippen molar-refractivity contribution in [2.24, 2.45) is 5.73 Å². The van der Waals surface area contributed by atoms with E-state index >= 15 is 0 Å². The summed E-state index contributed by atoms with van der Waals surface area (Å²) < 4.78 is 0. The van der Waals surface area contributed by atoms with Crippen molar-refractivity contribution in [2.45, 2.75) is 26.2 Å².